The third-order valence-electron chi connectivity index (χ3n) is 4.51. The Bertz CT molecular complexity index is 429. The van der Waals surface area contributed by atoms with Gasteiger partial charge in [-0.3, -0.25) is 0 Å². The standard InChI is InChI=1S/C6H3N2.3C4H9.Sn/c7-5-6-3-1-2-4-8-6;3*1-3-4-2;/h2-4H;3*1,3-4H2,2H3;. The molecule has 0 aromatic carbocycles. The fourth-order valence-electron chi connectivity index (χ4n) is 3.18. The van der Waals surface area contributed by atoms with Crippen LogP contribution >= 0.6 is 0 Å². The van der Waals surface area contributed by atoms with Gasteiger partial charge in [0.1, 0.15) is 0 Å². The topological polar surface area (TPSA) is 36.7 Å². The Morgan fingerprint density at radius 1 is 1.00 bits per heavy atom. The number of pyridine rings is 1. The van der Waals surface area contributed by atoms with Gasteiger partial charge in [0.2, 0.25) is 0 Å². The van der Waals surface area contributed by atoms with Gasteiger partial charge < -0.3 is 0 Å². The number of hydrogen-bond donors (Lipinski definition) is 0. The summed E-state index contributed by atoms with van der Waals surface area (Å²) in [6.07, 6.45) is 9.78. The molecule has 0 amide bonds. The maximum atomic E-state index is 9.17. The molecule has 0 bridgehead atoms. The maximum absolute atomic E-state index is 9.17. The van der Waals surface area contributed by atoms with Crippen LogP contribution in [0.15, 0.2) is 18.3 Å². The fraction of sp³-hybridized carbons (Fsp3) is 0.667. The normalized spacial score (nSPS) is 11.3. The van der Waals surface area contributed by atoms with Crippen molar-refractivity contribution in [1.29, 1.82) is 5.26 Å². The van der Waals surface area contributed by atoms with Crippen LogP contribution < -0.4 is 3.58 Å². The van der Waals surface area contributed by atoms with Crippen LogP contribution in [0.3, 0.4) is 0 Å². The van der Waals surface area contributed by atoms with Crippen LogP contribution in [0.5, 0.6) is 0 Å². The van der Waals surface area contributed by atoms with Gasteiger partial charge in [0.15, 0.2) is 0 Å². The summed E-state index contributed by atoms with van der Waals surface area (Å²) in [6.45, 7) is 6.89. The van der Waals surface area contributed by atoms with Crippen LogP contribution in [0.1, 0.15) is 65.0 Å². The van der Waals surface area contributed by atoms with Crippen LogP contribution in [0.25, 0.3) is 0 Å². The summed E-state index contributed by atoms with van der Waals surface area (Å²) in [4.78, 5) is 4.18. The molecule has 0 atom stereocenters. The molecule has 21 heavy (non-hydrogen) atoms. The summed E-state index contributed by atoms with van der Waals surface area (Å²) in [6, 6.07) is 6.59. The van der Waals surface area contributed by atoms with Crippen molar-refractivity contribution in [2.45, 2.75) is 72.6 Å². The van der Waals surface area contributed by atoms with E-state index in [0.29, 0.717) is 5.69 Å². The number of unbranched alkanes of at least 4 members (excludes halogenated alkanes) is 3. The third kappa shape index (κ3) is 5.62. The molecule has 0 unspecified atom stereocenters. The van der Waals surface area contributed by atoms with Gasteiger partial charge in [0, 0.05) is 0 Å². The Balaban J connectivity index is 3.12. The van der Waals surface area contributed by atoms with E-state index >= 15 is 0 Å². The average Bonchev–Trinajstić information content (AvgIpc) is 2.54. The van der Waals surface area contributed by atoms with Gasteiger partial charge in [-0.1, -0.05) is 0 Å². The van der Waals surface area contributed by atoms with Crippen molar-refractivity contribution in [3.63, 3.8) is 0 Å². The Morgan fingerprint density at radius 3 is 1.95 bits per heavy atom. The molecule has 0 aliphatic rings. The first-order valence-corrected chi connectivity index (χ1v) is 16.1. The summed E-state index contributed by atoms with van der Waals surface area (Å²) < 4.78 is 5.88. The monoisotopic (exact) mass is 394 g/mol. The van der Waals surface area contributed by atoms with Crippen molar-refractivity contribution in [2.24, 2.45) is 0 Å². The molecule has 1 rings (SSSR count). The van der Waals surface area contributed by atoms with E-state index in [-0.39, 0.29) is 0 Å². The van der Waals surface area contributed by atoms with E-state index in [2.05, 4.69) is 44.0 Å². The number of aromatic nitrogens is 1. The molecule has 0 aliphatic carbocycles. The van der Waals surface area contributed by atoms with Crippen LogP contribution in [0.2, 0.25) is 13.3 Å². The molecule has 1 heterocycles. The molecule has 2 nitrogen and oxygen atoms in total. The van der Waals surface area contributed by atoms with E-state index in [4.69, 9.17) is 5.26 Å². The molecule has 0 spiro atoms. The van der Waals surface area contributed by atoms with Crippen molar-refractivity contribution in [3.8, 4) is 6.07 Å². The SMILES string of the molecule is CCC[CH2][Sn]([CH2]CCC)([CH2]CCC)[c]1ccnc(C#N)c1. The van der Waals surface area contributed by atoms with E-state index in [1.54, 1.807) is 3.58 Å². The predicted molar refractivity (Wildman–Crippen MR) is 93.5 cm³/mol. The molecule has 0 N–H and O–H groups in total. The fourth-order valence-corrected chi connectivity index (χ4v) is 19.1. The zero-order chi connectivity index (χ0) is 15.6. The van der Waals surface area contributed by atoms with Crippen LogP contribution in [0, 0.1) is 11.3 Å². The van der Waals surface area contributed by atoms with Crippen LogP contribution in [0.4, 0.5) is 0 Å². The second-order valence-corrected chi connectivity index (χ2v) is 19.4. The van der Waals surface area contributed by atoms with Gasteiger partial charge in [-0.05, 0) is 0 Å². The zero-order valence-corrected chi connectivity index (χ0v) is 16.8. The van der Waals surface area contributed by atoms with Crippen LogP contribution in [-0.2, 0) is 0 Å². The molecule has 116 valence electrons. The minimum atomic E-state index is -2.35. The Labute approximate surface area is 134 Å². The number of hydrogen-bond acceptors (Lipinski definition) is 2. The van der Waals surface area contributed by atoms with E-state index in [1.165, 1.54) is 51.8 Å². The van der Waals surface area contributed by atoms with Gasteiger partial charge in [-0.2, -0.15) is 0 Å². The van der Waals surface area contributed by atoms with Crippen molar-refractivity contribution in [3.05, 3.63) is 24.0 Å². The van der Waals surface area contributed by atoms with Crippen molar-refractivity contribution in [1.82, 2.24) is 4.98 Å². The van der Waals surface area contributed by atoms with Crippen molar-refractivity contribution >= 4 is 22.0 Å². The zero-order valence-electron chi connectivity index (χ0n) is 14.0. The average molecular weight is 393 g/mol. The molecule has 0 aliphatic heterocycles. The molecule has 3 heteroatoms. The first-order chi connectivity index (χ1) is 10.2. The molecule has 1 aromatic heterocycles. The number of nitriles is 1. The molecule has 0 fully saturated rings. The van der Waals surface area contributed by atoms with Gasteiger partial charge in [-0.25, -0.2) is 0 Å². The van der Waals surface area contributed by atoms with E-state index in [0.717, 1.165) is 0 Å². The van der Waals surface area contributed by atoms with Gasteiger partial charge >= 0.3 is 135 Å². The van der Waals surface area contributed by atoms with E-state index in [1.807, 2.05) is 6.20 Å². The Morgan fingerprint density at radius 2 is 1.52 bits per heavy atom. The van der Waals surface area contributed by atoms with Crippen LogP contribution in [-0.4, -0.2) is 23.4 Å². The second-order valence-electron chi connectivity index (χ2n) is 6.13. The summed E-state index contributed by atoms with van der Waals surface area (Å²) in [7, 11) is 0. The quantitative estimate of drug-likeness (QED) is 0.524. The van der Waals surface area contributed by atoms with Gasteiger partial charge in [0.05, 0.1) is 0 Å². The summed E-state index contributed by atoms with van der Waals surface area (Å²) in [5.41, 5.74) is 0.609. The predicted octanol–water partition coefficient (Wildman–Crippen LogP) is 5.01. The second kappa shape index (κ2) is 10.2. The Kier molecular flexibility index (Phi) is 8.99. The molecule has 0 saturated heterocycles. The summed E-state index contributed by atoms with van der Waals surface area (Å²) in [5, 5.41) is 9.17. The first-order valence-electron chi connectivity index (χ1n) is 8.59. The molecule has 0 radical (unpaired) electrons. The molecular formula is C18H30N2Sn. The minimum absolute atomic E-state index is 0.609. The Hall–Kier alpha value is -0.561. The van der Waals surface area contributed by atoms with Gasteiger partial charge in [0.25, 0.3) is 0 Å². The van der Waals surface area contributed by atoms with E-state index < -0.39 is 18.4 Å². The summed E-state index contributed by atoms with van der Waals surface area (Å²) >= 11 is -2.35. The number of nitrogens with zero attached hydrogens (tertiary/aromatic N) is 2. The summed E-state index contributed by atoms with van der Waals surface area (Å²) in [5.74, 6) is 0. The number of rotatable bonds is 10. The first kappa shape index (κ1) is 18.5. The molecular weight excluding hydrogens is 363 g/mol. The molecule has 1 aromatic rings. The third-order valence-corrected chi connectivity index (χ3v) is 20.1. The van der Waals surface area contributed by atoms with E-state index in [9.17, 15) is 0 Å². The van der Waals surface area contributed by atoms with Gasteiger partial charge in [-0.15, -0.1) is 0 Å². The van der Waals surface area contributed by atoms with Crippen molar-refractivity contribution < 1.29 is 0 Å². The molecule has 0 saturated carbocycles. The van der Waals surface area contributed by atoms with Crippen molar-refractivity contribution in [2.75, 3.05) is 0 Å².